The van der Waals surface area contributed by atoms with Crippen LogP contribution in [0.25, 0.3) is 0 Å². The van der Waals surface area contributed by atoms with Gasteiger partial charge in [0.15, 0.2) is 0 Å². The first-order valence-electron chi connectivity index (χ1n) is 7.89. The molecule has 6 nitrogen and oxygen atoms in total. The standard InChI is InChI=1S/C18H17N3O3/c1-20-14-6-2-3-7-16(14)24-13-9-15(18(20)23)21(11-13)17(22)12-5-4-8-19-10-12/h2-8,10,13,15H,9,11H2,1H3/t13-,15-/m0/s1. The Labute approximate surface area is 139 Å². The Morgan fingerprint density at radius 2 is 2.08 bits per heavy atom. The molecule has 6 heteroatoms. The van der Waals surface area contributed by atoms with E-state index in [2.05, 4.69) is 4.98 Å². The molecule has 2 aliphatic heterocycles. The number of amides is 2. The van der Waals surface area contributed by atoms with Crippen LogP contribution in [0.5, 0.6) is 5.75 Å². The van der Waals surface area contributed by atoms with Crippen molar-refractivity contribution in [2.75, 3.05) is 18.5 Å². The number of carbonyl (C=O) groups excluding carboxylic acids is 2. The molecule has 0 unspecified atom stereocenters. The summed E-state index contributed by atoms with van der Waals surface area (Å²) >= 11 is 0. The number of pyridine rings is 1. The number of hydrogen-bond acceptors (Lipinski definition) is 4. The fourth-order valence-electron chi connectivity index (χ4n) is 3.35. The maximum atomic E-state index is 12.9. The predicted molar refractivity (Wildman–Crippen MR) is 87.9 cm³/mol. The van der Waals surface area contributed by atoms with Crippen LogP contribution in [-0.4, -0.2) is 47.4 Å². The summed E-state index contributed by atoms with van der Waals surface area (Å²) in [6, 6.07) is 10.4. The van der Waals surface area contributed by atoms with E-state index in [0.717, 1.165) is 5.69 Å². The third kappa shape index (κ3) is 2.31. The van der Waals surface area contributed by atoms with Gasteiger partial charge < -0.3 is 14.5 Å². The van der Waals surface area contributed by atoms with E-state index in [1.54, 1.807) is 35.2 Å². The zero-order valence-corrected chi connectivity index (χ0v) is 13.3. The summed E-state index contributed by atoms with van der Waals surface area (Å²) in [6.45, 7) is 0.395. The van der Waals surface area contributed by atoms with Gasteiger partial charge in [0.05, 0.1) is 17.8 Å². The molecule has 122 valence electrons. The molecule has 0 radical (unpaired) electrons. The van der Waals surface area contributed by atoms with Crippen LogP contribution in [0.15, 0.2) is 48.8 Å². The van der Waals surface area contributed by atoms with Crippen LogP contribution >= 0.6 is 0 Å². The lowest BCUT2D eigenvalue weighted by Gasteiger charge is -2.29. The van der Waals surface area contributed by atoms with Crippen LogP contribution in [0.2, 0.25) is 0 Å². The largest absolute Gasteiger partial charge is 0.486 e. The maximum Gasteiger partial charge on any atom is 0.256 e. The van der Waals surface area contributed by atoms with E-state index >= 15 is 0 Å². The third-order valence-corrected chi connectivity index (χ3v) is 4.57. The molecule has 1 saturated heterocycles. The minimum atomic E-state index is -0.513. The highest BCUT2D eigenvalue weighted by molar-refractivity contribution is 6.03. The summed E-state index contributed by atoms with van der Waals surface area (Å²) in [4.78, 5) is 32.9. The van der Waals surface area contributed by atoms with Gasteiger partial charge in [-0.1, -0.05) is 12.1 Å². The summed E-state index contributed by atoms with van der Waals surface area (Å²) in [5.74, 6) is 0.393. The zero-order valence-electron chi connectivity index (χ0n) is 13.3. The van der Waals surface area contributed by atoms with Crippen molar-refractivity contribution in [1.82, 2.24) is 9.88 Å². The summed E-state index contributed by atoms with van der Waals surface area (Å²) in [6.07, 6.45) is 3.46. The quantitative estimate of drug-likeness (QED) is 0.802. The van der Waals surface area contributed by atoms with E-state index in [-0.39, 0.29) is 17.9 Å². The van der Waals surface area contributed by atoms with Gasteiger partial charge in [-0.3, -0.25) is 14.6 Å². The number of likely N-dealkylation sites (tertiary alicyclic amines) is 1. The Hall–Kier alpha value is -2.89. The Balaban J connectivity index is 1.69. The first-order chi connectivity index (χ1) is 11.6. The molecule has 2 amide bonds. The number of likely N-dealkylation sites (N-methyl/N-ethyl adjacent to an activating group) is 1. The molecule has 1 fully saturated rings. The van der Waals surface area contributed by atoms with Gasteiger partial charge in [0, 0.05) is 25.9 Å². The highest BCUT2D eigenvalue weighted by Crippen LogP contribution is 2.35. The number of carbonyl (C=O) groups is 2. The summed E-state index contributed by atoms with van der Waals surface area (Å²) < 4.78 is 6.06. The fraction of sp³-hybridized carbons (Fsp3) is 0.278. The number of benzene rings is 1. The average Bonchev–Trinajstić information content (AvgIpc) is 3.05. The lowest BCUT2D eigenvalue weighted by Crippen LogP contribution is -2.46. The van der Waals surface area contributed by atoms with Crippen molar-refractivity contribution in [3.8, 4) is 5.75 Å². The maximum absolute atomic E-state index is 12.9. The molecule has 1 aromatic carbocycles. The van der Waals surface area contributed by atoms with E-state index in [1.165, 1.54) is 6.20 Å². The van der Waals surface area contributed by atoms with Crippen molar-refractivity contribution in [2.24, 2.45) is 0 Å². The van der Waals surface area contributed by atoms with Crippen molar-refractivity contribution in [3.05, 3.63) is 54.4 Å². The predicted octanol–water partition coefficient (Wildman–Crippen LogP) is 1.72. The van der Waals surface area contributed by atoms with Gasteiger partial charge in [0.1, 0.15) is 17.9 Å². The molecule has 3 heterocycles. The molecule has 0 aliphatic carbocycles. The van der Waals surface area contributed by atoms with Crippen LogP contribution in [0.3, 0.4) is 0 Å². The van der Waals surface area contributed by atoms with E-state index in [4.69, 9.17) is 4.74 Å². The van der Waals surface area contributed by atoms with Gasteiger partial charge in [-0.05, 0) is 24.3 Å². The number of fused-ring (bicyclic) bond motifs is 3. The minimum Gasteiger partial charge on any atom is -0.486 e. The fourth-order valence-corrected chi connectivity index (χ4v) is 3.35. The van der Waals surface area contributed by atoms with Gasteiger partial charge in [0.25, 0.3) is 5.91 Å². The molecule has 0 N–H and O–H groups in total. The zero-order chi connectivity index (χ0) is 16.7. The highest BCUT2D eigenvalue weighted by atomic mass is 16.5. The summed E-state index contributed by atoms with van der Waals surface area (Å²) in [5.41, 5.74) is 1.21. The molecular weight excluding hydrogens is 306 g/mol. The van der Waals surface area contributed by atoms with Crippen LogP contribution in [0, 0.1) is 0 Å². The topological polar surface area (TPSA) is 62.7 Å². The molecule has 2 atom stereocenters. The molecule has 2 bridgehead atoms. The lowest BCUT2D eigenvalue weighted by atomic mass is 10.1. The molecule has 0 saturated carbocycles. The SMILES string of the molecule is CN1C(=O)[C@@H]2C[C@@H](CN2C(=O)c2cccnc2)Oc2ccccc21. The number of aromatic nitrogens is 1. The monoisotopic (exact) mass is 323 g/mol. The molecule has 24 heavy (non-hydrogen) atoms. The van der Waals surface area contributed by atoms with E-state index in [0.29, 0.717) is 24.3 Å². The summed E-state index contributed by atoms with van der Waals surface area (Å²) in [7, 11) is 1.72. The van der Waals surface area contributed by atoms with Gasteiger partial charge >= 0.3 is 0 Å². The minimum absolute atomic E-state index is 0.0921. The number of nitrogens with zero attached hydrogens (tertiary/aromatic N) is 3. The smallest absolute Gasteiger partial charge is 0.256 e. The Bertz CT molecular complexity index is 793. The number of hydrogen-bond donors (Lipinski definition) is 0. The average molecular weight is 323 g/mol. The lowest BCUT2D eigenvalue weighted by molar-refractivity contribution is -0.122. The number of ether oxygens (including phenoxy) is 1. The molecular formula is C18H17N3O3. The van der Waals surface area contributed by atoms with Crippen LogP contribution in [0.1, 0.15) is 16.8 Å². The molecule has 0 spiro atoms. The number of para-hydroxylation sites is 2. The van der Waals surface area contributed by atoms with Crippen molar-refractivity contribution in [2.45, 2.75) is 18.6 Å². The van der Waals surface area contributed by atoms with Crippen LogP contribution in [-0.2, 0) is 4.79 Å². The Kier molecular flexibility index (Phi) is 3.45. The Morgan fingerprint density at radius 1 is 1.25 bits per heavy atom. The van der Waals surface area contributed by atoms with Gasteiger partial charge in [-0.15, -0.1) is 0 Å². The van der Waals surface area contributed by atoms with Crippen LogP contribution < -0.4 is 9.64 Å². The van der Waals surface area contributed by atoms with E-state index in [9.17, 15) is 9.59 Å². The second-order valence-corrected chi connectivity index (χ2v) is 6.06. The van der Waals surface area contributed by atoms with E-state index in [1.807, 2.05) is 24.3 Å². The van der Waals surface area contributed by atoms with Crippen molar-refractivity contribution < 1.29 is 14.3 Å². The van der Waals surface area contributed by atoms with Gasteiger partial charge in [-0.2, -0.15) is 0 Å². The van der Waals surface area contributed by atoms with Crippen LogP contribution in [0.4, 0.5) is 5.69 Å². The third-order valence-electron chi connectivity index (χ3n) is 4.57. The Morgan fingerprint density at radius 3 is 2.88 bits per heavy atom. The summed E-state index contributed by atoms with van der Waals surface area (Å²) in [5, 5.41) is 0. The first kappa shape index (κ1) is 14.7. The second-order valence-electron chi connectivity index (χ2n) is 6.06. The molecule has 4 rings (SSSR count). The molecule has 2 aromatic rings. The van der Waals surface area contributed by atoms with E-state index < -0.39 is 6.04 Å². The molecule has 2 aliphatic rings. The highest BCUT2D eigenvalue weighted by Gasteiger charge is 2.44. The van der Waals surface area contributed by atoms with Crippen molar-refractivity contribution in [3.63, 3.8) is 0 Å². The number of anilines is 1. The number of rotatable bonds is 1. The van der Waals surface area contributed by atoms with Gasteiger partial charge in [-0.25, -0.2) is 0 Å². The normalized spacial score (nSPS) is 22.5. The van der Waals surface area contributed by atoms with Crippen molar-refractivity contribution in [1.29, 1.82) is 0 Å². The van der Waals surface area contributed by atoms with Gasteiger partial charge in [0.2, 0.25) is 5.91 Å². The molecule has 1 aromatic heterocycles. The second kappa shape index (κ2) is 5.63. The first-order valence-corrected chi connectivity index (χ1v) is 7.89. The van der Waals surface area contributed by atoms with Crippen molar-refractivity contribution >= 4 is 17.5 Å².